The predicted octanol–water partition coefficient (Wildman–Crippen LogP) is 0.790. The number of nitrogens with zero attached hydrogens (tertiary/aromatic N) is 2. The molecule has 2 atom stereocenters. The van der Waals surface area contributed by atoms with Gasteiger partial charge in [0.25, 0.3) is 0 Å². The van der Waals surface area contributed by atoms with Crippen molar-refractivity contribution in [3.05, 3.63) is 0 Å². The molecule has 0 bridgehead atoms. The van der Waals surface area contributed by atoms with Crippen molar-refractivity contribution in [3.8, 4) is 6.07 Å². The fraction of sp³-hybridized carbons (Fsp3) is 0.875. The normalized spacial score (nSPS) is 25.0. The van der Waals surface area contributed by atoms with Crippen LogP contribution >= 0.6 is 0 Å². The number of nitriles is 1. The summed E-state index contributed by atoms with van der Waals surface area (Å²) in [6.07, 6.45) is 1.64. The molecule has 0 radical (unpaired) electrons. The summed E-state index contributed by atoms with van der Waals surface area (Å²) < 4.78 is 19.6. The first-order valence-electron chi connectivity index (χ1n) is 4.38. The van der Waals surface area contributed by atoms with Crippen molar-refractivity contribution in [2.75, 3.05) is 13.1 Å². The van der Waals surface area contributed by atoms with Crippen LogP contribution in [0.25, 0.3) is 0 Å². The Kier molecular flexibility index (Phi) is 3.85. The largest absolute Gasteiger partial charge is 0.305 e. The zero-order valence-corrected chi connectivity index (χ0v) is 8.46. The Bertz CT molecular complexity index is 231. The third-order valence-electron chi connectivity index (χ3n) is 2.52. The van der Waals surface area contributed by atoms with Crippen molar-refractivity contribution in [1.82, 2.24) is 4.90 Å². The van der Waals surface area contributed by atoms with E-state index in [1.165, 1.54) is 0 Å². The van der Waals surface area contributed by atoms with Crippen LogP contribution in [0.1, 0.15) is 19.8 Å². The molecule has 0 saturated carbocycles. The van der Waals surface area contributed by atoms with Gasteiger partial charge < -0.3 is 4.55 Å². The Hall–Kier alpha value is -0.440. The van der Waals surface area contributed by atoms with Crippen LogP contribution in [0.5, 0.6) is 0 Å². The highest BCUT2D eigenvalue weighted by Crippen LogP contribution is 2.18. The average Bonchev–Trinajstić information content (AvgIpc) is 2.17. The van der Waals surface area contributed by atoms with Gasteiger partial charge in [-0.05, 0) is 19.8 Å². The summed E-state index contributed by atoms with van der Waals surface area (Å²) in [6, 6.07) is 2.23. The highest BCUT2D eigenvalue weighted by Gasteiger charge is 2.24. The Labute approximate surface area is 80.8 Å². The molecule has 0 spiro atoms. The van der Waals surface area contributed by atoms with Crippen molar-refractivity contribution in [3.63, 3.8) is 0 Å². The highest BCUT2D eigenvalue weighted by molar-refractivity contribution is 7.79. The molecular weight excluding hydrogens is 188 g/mol. The molecule has 5 heteroatoms. The molecule has 74 valence electrons. The van der Waals surface area contributed by atoms with Crippen molar-refractivity contribution < 1.29 is 8.76 Å². The van der Waals surface area contributed by atoms with Crippen molar-refractivity contribution >= 4 is 11.1 Å². The molecule has 1 rings (SSSR count). The van der Waals surface area contributed by atoms with Crippen LogP contribution in [0.2, 0.25) is 0 Å². The highest BCUT2D eigenvalue weighted by atomic mass is 32.2. The molecule has 2 unspecified atom stereocenters. The lowest BCUT2D eigenvalue weighted by molar-refractivity contribution is 0.193. The minimum absolute atomic E-state index is 0.135. The molecule has 1 aliphatic heterocycles. The van der Waals surface area contributed by atoms with Gasteiger partial charge in [0.15, 0.2) is 11.1 Å². The van der Waals surface area contributed by atoms with Crippen LogP contribution in [-0.4, -0.2) is 32.1 Å². The van der Waals surface area contributed by atoms with Gasteiger partial charge in [0.05, 0.1) is 6.07 Å². The summed E-state index contributed by atoms with van der Waals surface area (Å²) >= 11 is -1.78. The van der Waals surface area contributed by atoms with Crippen LogP contribution in [0, 0.1) is 17.2 Å². The first kappa shape index (κ1) is 10.6. The van der Waals surface area contributed by atoms with Gasteiger partial charge in [-0.2, -0.15) is 5.26 Å². The topological polar surface area (TPSA) is 64.3 Å². The summed E-state index contributed by atoms with van der Waals surface area (Å²) in [5.74, 6) is 0.135. The molecule has 0 aromatic carbocycles. The van der Waals surface area contributed by atoms with E-state index in [9.17, 15) is 4.21 Å². The van der Waals surface area contributed by atoms with Gasteiger partial charge in [-0.25, -0.2) is 4.21 Å². The third-order valence-corrected chi connectivity index (χ3v) is 3.40. The molecule has 1 fully saturated rings. The van der Waals surface area contributed by atoms with E-state index in [1.54, 1.807) is 6.92 Å². The second kappa shape index (κ2) is 4.70. The summed E-state index contributed by atoms with van der Waals surface area (Å²) in [6.45, 7) is 3.25. The van der Waals surface area contributed by atoms with Gasteiger partial charge in [-0.3, -0.25) is 4.90 Å². The molecular formula is C8H14N2O2S. The van der Waals surface area contributed by atoms with Gasteiger partial charge >= 0.3 is 0 Å². The van der Waals surface area contributed by atoms with Crippen LogP contribution in [-0.2, 0) is 11.1 Å². The maximum absolute atomic E-state index is 10.8. The Morgan fingerprint density at radius 1 is 1.62 bits per heavy atom. The SMILES string of the molecule is CC(N1CCC(C#N)CC1)S(=O)O. The summed E-state index contributed by atoms with van der Waals surface area (Å²) in [5, 5.41) is 8.34. The van der Waals surface area contributed by atoms with Crippen LogP contribution in [0.15, 0.2) is 0 Å². The maximum Gasteiger partial charge on any atom is 0.170 e. The van der Waals surface area contributed by atoms with E-state index in [1.807, 2.05) is 4.90 Å². The number of hydrogen-bond acceptors (Lipinski definition) is 3. The van der Waals surface area contributed by atoms with E-state index in [0.29, 0.717) is 0 Å². The molecule has 1 N–H and O–H groups in total. The maximum atomic E-state index is 10.8. The van der Waals surface area contributed by atoms with E-state index in [0.717, 1.165) is 25.9 Å². The number of likely N-dealkylation sites (tertiary alicyclic amines) is 1. The standard InChI is InChI=1S/C8H14N2O2S/c1-7(13(11)12)10-4-2-8(6-9)3-5-10/h7-8H,2-5H2,1H3,(H,11,12). The van der Waals surface area contributed by atoms with E-state index >= 15 is 0 Å². The molecule has 1 saturated heterocycles. The number of rotatable bonds is 2. The minimum atomic E-state index is -1.78. The number of piperidine rings is 1. The lowest BCUT2D eigenvalue weighted by atomic mass is 9.99. The second-order valence-electron chi connectivity index (χ2n) is 3.31. The van der Waals surface area contributed by atoms with E-state index in [4.69, 9.17) is 9.81 Å². The molecule has 0 aliphatic carbocycles. The third kappa shape index (κ3) is 2.76. The van der Waals surface area contributed by atoms with Gasteiger partial charge in [0.1, 0.15) is 5.37 Å². The Balaban J connectivity index is 2.41. The summed E-state index contributed by atoms with van der Waals surface area (Å²) in [4.78, 5) is 1.96. The first-order chi connectivity index (χ1) is 6.15. The Morgan fingerprint density at radius 3 is 2.54 bits per heavy atom. The minimum Gasteiger partial charge on any atom is -0.305 e. The number of hydrogen-bond donors (Lipinski definition) is 1. The average molecular weight is 202 g/mol. The molecule has 0 amide bonds. The Morgan fingerprint density at radius 2 is 2.15 bits per heavy atom. The van der Waals surface area contributed by atoms with Crippen molar-refractivity contribution in [1.29, 1.82) is 5.26 Å². The first-order valence-corrected chi connectivity index (χ1v) is 5.55. The fourth-order valence-corrected chi connectivity index (χ4v) is 1.99. The predicted molar refractivity (Wildman–Crippen MR) is 50.1 cm³/mol. The lowest BCUT2D eigenvalue weighted by Crippen LogP contribution is -2.41. The van der Waals surface area contributed by atoms with Crippen LogP contribution in [0.4, 0.5) is 0 Å². The zero-order valence-electron chi connectivity index (χ0n) is 7.64. The monoisotopic (exact) mass is 202 g/mol. The summed E-state index contributed by atoms with van der Waals surface area (Å²) in [5.41, 5.74) is 0. The summed E-state index contributed by atoms with van der Waals surface area (Å²) in [7, 11) is 0. The lowest BCUT2D eigenvalue weighted by Gasteiger charge is -2.31. The van der Waals surface area contributed by atoms with Gasteiger partial charge in [0.2, 0.25) is 0 Å². The molecule has 4 nitrogen and oxygen atoms in total. The van der Waals surface area contributed by atoms with Crippen LogP contribution < -0.4 is 0 Å². The smallest absolute Gasteiger partial charge is 0.170 e. The van der Waals surface area contributed by atoms with Gasteiger partial charge in [-0.15, -0.1) is 0 Å². The molecule has 1 aliphatic rings. The molecule has 0 aromatic heterocycles. The quantitative estimate of drug-likeness (QED) is 0.672. The zero-order chi connectivity index (χ0) is 9.84. The van der Waals surface area contributed by atoms with Gasteiger partial charge in [0, 0.05) is 19.0 Å². The second-order valence-corrected chi connectivity index (χ2v) is 4.55. The van der Waals surface area contributed by atoms with Crippen molar-refractivity contribution in [2.45, 2.75) is 25.1 Å². The van der Waals surface area contributed by atoms with E-state index in [-0.39, 0.29) is 11.3 Å². The van der Waals surface area contributed by atoms with E-state index < -0.39 is 11.1 Å². The van der Waals surface area contributed by atoms with Crippen LogP contribution in [0.3, 0.4) is 0 Å². The molecule has 13 heavy (non-hydrogen) atoms. The fourth-order valence-electron chi connectivity index (χ4n) is 1.52. The molecule has 0 aromatic rings. The van der Waals surface area contributed by atoms with Crippen molar-refractivity contribution in [2.24, 2.45) is 5.92 Å². The van der Waals surface area contributed by atoms with Gasteiger partial charge in [-0.1, -0.05) is 0 Å². The molecule has 1 heterocycles. The van der Waals surface area contributed by atoms with E-state index in [2.05, 4.69) is 6.07 Å².